The number of para-hydroxylation sites is 1. The van der Waals surface area contributed by atoms with Crippen molar-refractivity contribution in [3.05, 3.63) is 77.4 Å². The van der Waals surface area contributed by atoms with E-state index >= 15 is 0 Å². The van der Waals surface area contributed by atoms with Crippen LogP contribution in [0.25, 0.3) is 10.9 Å². The fourth-order valence-corrected chi connectivity index (χ4v) is 3.85. The van der Waals surface area contributed by atoms with Crippen LogP contribution < -0.4 is 15.6 Å². The van der Waals surface area contributed by atoms with E-state index in [1.807, 2.05) is 24.3 Å². The summed E-state index contributed by atoms with van der Waals surface area (Å²) >= 11 is 0. The molecule has 1 fully saturated rings. The molecular weight excluding hydrogens is 440 g/mol. The summed E-state index contributed by atoms with van der Waals surface area (Å²) in [6.45, 7) is 7.31. The van der Waals surface area contributed by atoms with Crippen LogP contribution in [-0.4, -0.2) is 66.6 Å². The van der Waals surface area contributed by atoms with E-state index in [1.165, 1.54) is 21.5 Å². The van der Waals surface area contributed by atoms with Gasteiger partial charge in [-0.25, -0.2) is 0 Å². The molecule has 1 atom stereocenters. The van der Waals surface area contributed by atoms with Gasteiger partial charge in [0.1, 0.15) is 12.8 Å². The maximum atomic E-state index is 13.0. The molecule has 0 radical (unpaired) electrons. The van der Waals surface area contributed by atoms with Gasteiger partial charge in [-0.15, -0.1) is 13.2 Å². The predicted octanol–water partition coefficient (Wildman–Crippen LogP) is 1.84. The standard InChI is InChI=1S/C20H18N4O5.C2H6O.C2H4/c25-12-22-9-13(14-3-1-2-4-15(14)22)10-29-19-16(26)5-6-24-18(19)20(27)23-7-8-28-11-17(23)21-24;1-3-2;1-2/h1-6,9,12,17,21H,7-8,10-11H2;1-2H3;1-2H2/t17-;;/m0../s1. The molecule has 34 heavy (non-hydrogen) atoms. The van der Waals surface area contributed by atoms with Gasteiger partial charge in [0.15, 0.2) is 11.4 Å². The van der Waals surface area contributed by atoms with Crippen molar-refractivity contribution in [2.24, 2.45) is 0 Å². The molecule has 2 aliphatic heterocycles. The number of nitrogens with zero attached hydrogens (tertiary/aromatic N) is 3. The van der Waals surface area contributed by atoms with Crippen LogP contribution in [0.5, 0.6) is 5.75 Å². The molecule has 0 saturated carbocycles. The van der Waals surface area contributed by atoms with Crippen molar-refractivity contribution in [2.45, 2.75) is 12.8 Å². The third kappa shape index (κ3) is 4.73. The topological polar surface area (TPSA) is 104 Å². The third-order valence-electron chi connectivity index (χ3n) is 5.24. The van der Waals surface area contributed by atoms with Crippen molar-refractivity contribution in [3.8, 4) is 5.75 Å². The molecular formula is C24H28N4O6. The van der Waals surface area contributed by atoms with Crippen LogP contribution >= 0.6 is 0 Å². The highest BCUT2D eigenvalue weighted by atomic mass is 16.5. The second-order valence-electron chi connectivity index (χ2n) is 7.33. The minimum Gasteiger partial charge on any atom is -0.482 e. The predicted molar refractivity (Wildman–Crippen MR) is 128 cm³/mol. The molecule has 5 rings (SSSR count). The Hall–Kier alpha value is -3.89. The number of morpholine rings is 1. The molecule has 1 N–H and O–H groups in total. The van der Waals surface area contributed by atoms with Gasteiger partial charge >= 0.3 is 0 Å². The zero-order valence-corrected chi connectivity index (χ0v) is 19.2. The molecule has 180 valence electrons. The van der Waals surface area contributed by atoms with Gasteiger partial charge in [-0.3, -0.25) is 23.6 Å². The Morgan fingerprint density at radius 2 is 1.94 bits per heavy atom. The molecule has 3 aromatic rings. The lowest BCUT2D eigenvalue weighted by molar-refractivity contribution is -0.00326. The number of carbonyl (C=O) groups is 2. The number of nitrogens with one attached hydrogen (secondary N) is 1. The molecule has 0 unspecified atom stereocenters. The maximum absolute atomic E-state index is 13.0. The molecule has 0 aliphatic carbocycles. The summed E-state index contributed by atoms with van der Waals surface area (Å²) < 4.78 is 18.5. The number of hydrogen-bond acceptors (Lipinski definition) is 7. The van der Waals surface area contributed by atoms with E-state index in [-0.39, 0.29) is 35.6 Å². The molecule has 1 saturated heterocycles. The van der Waals surface area contributed by atoms with Crippen LogP contribution in [0.1, 0.15) is 16.1 Å². The Kier molecular flexibility index (Phi) is 8.23. The number of carbonyl (C=O) groups excluding carboxylic acids is 2. The third-order valence-corrected chi connectivity index (χ3v) is 5.24. The first kappa shape index (κ1) is 24.7. The van der Waals surface area contributed by atoms with Crippen molar-refractivity contribution >= 4 is 23.2 Å². The zero-order valence-electron chi connectivity index (χ0n) is 19.2. The number of pyridine rings is 1. The highest BCUT2D eigenvalue weighted by Crippen LogP contribution is 2.25. The van der Waals surface area contributed by atoms with Crippen LogP contribution in [0.15, 0.2) is 60.7 Å². The van der Waals surface area contributed by atoms with Gasteiger partial charge in [0.25, 0.3) is 5.91 Å². The number of ether oxygens (including phenoxy) is 3. The van der Waals surface area contributed by atoms with Gasteiger partial charge in [-0.2, -0.15) is 0 Å². The number of rotatable bonds is 4. The second kappa shape index (κ2) is 11.3. The summed E-state index contributed by atoms with van der Waals surface area (Å²) in [7, 11) is 3.25. The summed E-state index contributed by atoms with van der Waals surface area (Å²) in [6, 6.07) is 8.78. The Morgan fingerprint density at radius 1 is 1.21 bits per heavy atom. The van der Waals surface area contributed by atoms with Gasteiger partial charge < -0.3 is 24.5 Å². The first-order chi connectivity index (χ1) is 16.6. The smallest absolute Gasteiger partial charge is 0.278 e. The first-order valence-corrected chi connectivity index (χ1v) is 10.6. The van der Waals surface area contributed by atoms with E-state index in [0.717, 1.165) is 22.9 Å². The number of fused-ring (bicyclic) bond motifs is 3. The Labute approximate surface area is 196 Å². The lowest BCUT2D eigenvalue weighted by atomic mass is 10.2. The summed E-state index contributed by atoms with van der Waals surface area (Å²) in [5, 5.41) is 0.849. The Balaban J connectivity index is 0.000000603. The quantitative estimate of drug-likeness (QED) is 0.460. The molecule has 10 nitrogen and oxygen atoms in total. The fraction of sp³-hybridized carbons (Fsp3) is 0.292. The van der Waals surface area contributed by atoms with Gasteiger partial charge in [0.05, 0.1) is 18.7 Å². The average Bonchev–Trinajstić information content (AvgIpc) is 3.23. The second-order valence-corrected chi connectivity index (χ2v) is 7.33. The number of amides is 1. The van der Waals surface area contributed by atoms with Crippen LogP contribution in [0.2, 0.25) is 0 Å². The van der Waals surface area contributed by atoms with E-state index in [0.29, 0.717) is 19.8 Å². The molecule has 10 heteroatoms. The van der Waals surface area contributed by atoms with Crippen molar-refractivity contribution in [3.63, 3.8) is 0 Å². The van der Waals surface area contributed by atoms with E-state index in [4.69, 9.17) is 9.47 Å². The number of benzene rings is 1. The largest absolute Gasteiger partial charge is 0.482 e. The molecule has 1 amide bonds. The number of aromatic nitrogens is 2. The Morgan fingerprint density at radius 3 is 2.68 bits per heavy atom. The van der Waals surface area contributed by atoms with E-state index in [1.54, 1.807) is 25.3 Å². The summed E-state index contributed by atoms with van der Waals surface area (Å²) in [6.07, 6.45) is 3.62. The summed E-state index contributed by atoms with van der Waals surface area (Å²) in [5.74, 6) is -0.294. The average molecular weight is 469 g/mol. The van der Waals surface area contributed by atoms with Gasteiger partial charge in [-0.05, 0) is 6.07 Å². The normalized spacial score (nSPS) is 16.1. The highest BCUT2D eigenvalue weighted by molar-refractivity contribution is 5.96. The van der Waals surface area contributed by atoms with E-state index < -0.39 is 0 Å². The van der Waals surface area contributed by atoms with Crippen LogP contribution in [0.3, 0.4) is 0 Å². The van der Waals surface area contributed by atoms with Gasteiger partial charge in [0, 0.05) is 50.2 Å². The van der Waals surface area contributed by atoms with Gasteiger partial charge in [-0.1, -0.05) is 18.2 Å². The van der Waals surface area contributed by atoms with Crippen LogP contribution in [-0.2, 0) is 20.9 Å². The van der Waals surface area contributed by atoms with E-state index in [9.17, 15) is 14.4 Å². The lowest BCUT2D eigenvalue weighted by Crippen LogP contribution is -2.59. The molecule has 4 heterocycles. The van der Waals surface area contributed by atoms with Gasteiger partial charge in [0.2, 0.25) is 11.8 Å². The van der Waals surface area contributed by atoms with Crippen molar-refractivity contribution < 1.29 is 23.8 Å². The Bertz CT molecular complexity index is 1220. The summed E-state index contributed by atoms with van der Waals surface area (Å²) in [4.78, 5) is 38.5. The SMILES string of the molecule is C=C.COC.O=Cn1cc(COc2c3n(ccc2=O)N[C@@H]2COCCN2C3=O)c2ccccc21. The van der Waals surface area contributed by atoms with Crippen molar-refractivity contribution in [2.75, 3.05) is 39.4 Å². The number of hydrogen-bond donors (Lipinski definition) is 1. The van der Waals surface area contributed by atoms with Crippen LogP contribution in [0, 0.1) is 0 Å². The molecule has 0 spiro atoms. The lowest BCUT2D eigenvalue weighted by Gasteiger charge is -2.41. The monoisotopic (exact) mass is 468 g/mol. The molecule has 2 aliphatic rings. The van der Waals surface area contributed by atoms with E-state index in [2.05, 4.69) is 23.3 Å². The van der Waals surface area contributed by atoms with Crippen molar-refractivity contribution in [1.82, 2.24) is 14.1 Å². The first-order valence-electron chi connectivity index (χ1n) is 10.6. The summed E-state index contributed by atoms with van der Waals surface area (Å²) in [5.41, 5.74) is 4.45. The fourth-order valence-electron chi connectivity index (χ4n) is 3.85. The highest BCUT2D eigenvalue weighted by Gasteiger charge is 2.36. The molecule has 2 aromatic heterocycles. The van der Waals surface area contributed by atoms with Crippen molar-refractivity contribution in [1.29, 1.82) is 0 Å². The molecule has 0 bridgehead atoms. The maximum Gasteiger partial charge on any atom is 0.278 e. The minimum absolute atomic E-state index is 0.0159. The van der Waals surface area contributed by atoms with Crippen LogP contribution in [0.4, 0.5) is 0 Å². The zero-order chi connectivity index (χ0) is 24.7. The minimum atomic E-state index is -0.378. The number of methoxy groups -OCH3 is 1. The molecule has 1 aromatic carbocycles.